The van der Waals surface area contributed by atoms with Crippen LogP contribution in [-0.2, 0) is 6.54 Å². The number of amides is 1. The van der Waals surface area contributed by atoms with Crippen LogP contribution in [0.15, 0.2) is 45.7 Å². The highest BCUT2D eigenvalue weighted by Gasteiger charge is 2.19. The summed E-state index contributed by atoms with van der Waals surface area (Å²) in [4.78, 5) is 17.8. The molecule has 2 rings (SSSR count). The minimum absolute atomic E-state index is 0.103. The van der Waals surface area contributed by atoms with E-state index in [0.29, 0.717) is 11.2 Å². The molecule has 1 amide bonds. The van der Waals surface area contributed by atoms with Gasteiger partial charge in [-0.05, 0) is 39.7 Å². The van der Waals surface area contributed by atoms with Crippen molar-refractivity contribution < 1.29 is 14.3 Å². The molecule has 5 nitrogen and oxygen atoms in total. The Balaban J connectivity index is 2.13. The van der Waals surface area contributed by atoms with Crippen LogP contribution in [0, 0.1) is 0 Å². The predicted octanol–water partition coefficient (Wildman–Crippen LogP) is 2.07. The second-order valence-electron chi connectivity index (χ2n) is 3.92. The minimum Gasteiger partial charge on any atom is -0.444 e. The molecule has 1 N–H and O–H groups in total. The number of carbonyl (C=O) groups is 1. The molecular weight excluding hydrogens is 312 g/mol. The Morgan fingerprint density at radius 1 is 1.42 bits per heavy atom. The van der Waals surface area contributed by atoms with Crippen molar-refractivity contribution in [3.63, 3.8) is 0 Å². The molecule has 0 radical (unpaired) electrons. The highest BCUT2D eigenvalue weighted by Crippen LogP contribution is 2.16. The average molecular weight is 325 g/mol. The van der Waals surface area contributed by atoms with Gasteiger partial charge in [0, 0.05) is 25.5 Å². The third-order valence-corrected chi connectivity index (χ3v) is 2.96. The molecule has 100 valence electrons. The Kier molecular flexibility index (Phi) is 4.70. The van der Waals surface area contributed by atoms with Crippen LogP contribution < -0.4 is 0 Å². The van der Waals surface area contributed by atoms with Crippen molar-refractivity contribution in [1.29, 1.82) is 0 Å². The summed E-state index contributed by atoms with van der Waals surface area (Å²) in [6, 6.07) is 6.94. The maximum absolute atomic E-state index is 12.2. The summed E-state index contributed by atoms with van der Waals surface area (Å²) in [5.41, 5.74) is 0.898. The zero-order valence-electron chi connectivity index (χ0n) is 10.1. The van der Waals surface area contributed by atoms with E-state index in [1.54, 1.807) is 30.6 Å². The van der Waals surface area contributed by atoms with E-state index in [4.69, 9.17) is 9.52 Å². The molecule has 0 aliphatic carbocycles. The summed E-state index contributed by atoms with van der Waals surface area (Å²) < 4.78 is 5.74. The van der Waals surface area contributed by atoms with E-state index in [2.05, 4.69) is 20.9 Å². The van der Waals surface area contributed by atoms with Gasteiger partial charge in [-0.25, -0.2) is 0 Å². The number of rotatable bonds is 5. The van der Waals surface area contributed by atoms with E-state index in [1.807, 2.05) is 6.07 Å². The number of aliphatic hydroxyl groups is 1. The van der Waals surface area contributed by atoms with Gasteiger partial charge in [-0.2, -0.15) is 0 Å². The quantitative estimate of drug-likeness (QED) is 0.914. The normalized spacial score (nSPS) is 10.4. The zero-order valence-corrected chi connectivity index (χ0v) is 11.7. The topological polar surface area (TPSA) is 66.6 Å². The number of halogens is 1. The molecule has 2 aromatic rings. The lowest BCUT2D eigenvalue weighted by Crippen LogP contribution is -2.32. The van der Waals surface area contributed by atoms with Crippen LogP contribution in [0.1, 0.15) is 16.1 Å². The van der Waals surface area contributed by atoms with Gasteiger partial charge in [0.1, 0.15) is 0 Å². The predicted molar refractivity (Wildman–Crippen MR) is 72.5 cm³/mol. The molecule has 6 heteroatoms. The smallest absolute Gasteiger partial charge is 0.289 e. The first-order valence-electron chi connectivity index (χ1n) is 5.75. The van der Waals surface area contributed by atoms with Crippen LogP contribution in [0.2, 0.25) is 0 Å². The number of aliphatic hydroxyl groups excluding tert-OH is 1. The lowest BCUT2D eigenvalue weighted by molar-refractivity contribution is 0.0674. The van der Waals surface area contributed by atoms with Gasteiger partial charge in [0.2, 0.25) is 0 Å². The van der Waals surface area contributed by atoms with Gasteiger partial charge in [-0.1, -0.05) is 6.07 Å². The van der Waals surface area contributed by atoms with Gasteiger partial charge in [0.05, 0.1) is 6.61 Å². The number of carbonyl (C=O) groups excluding carboxylic acids is 1. The van der Waals surface area contributed by atoms with Crippen LogP contribution >= 0.6 is 15.9 Å². The molecule has 0 aromatic carbocycles. The fraction of sp³-hybridized carbons (Fsp3) is 0.231. The van der Waals surface area contributed by atoms with Gasteiger partial charge < -0.3 is 14.4 Å². The molecular formula is C13H13BrN2O3. The minimum atomic E-state index is -0.261. The largest absolute Gasteiger partial charge is 0.444 e. The fourth-order valence-corrected chi connectivity index (χ4v) is 1.98. The summed E-state index contributed by atoms with van der Waals surface area (Å²) in [6.07, 6.45) is 3.36. The van der Waals surface area contributed by atoms with Crippen molar-refractivity contribution in [1.82, 2.24) is 9.88 Å². The van der Waals surface area contributed by atoms with Gasteiger partial charge in [0.25, 0.3) is 5.91 Å². The van der Waals surface area contributed by atoms with Crippen molar-refractivity contribution in [2.45, 2.75) is 6.54 Å². The zero-order chi connectivity index (χ0) is 13.7. The Labute approximate surface area is 119 Å². The van der Waals surface area contributed by atoms with Gasteiger partial charge in [-0.15, -0.1) is 0 Å². The van der Waals surface area contributed by atoms with E-state index in [1.165, 1.54) is 4.90 Å². The molecule has 0 unspecified atom stereocenters. The average Bonchev–Trinajstić information content (AvgIpc) is 2.85. The lowest BCUT2D eigenvalue weighted by atomic mass is 10.2. The summed E-state index contributed by atoms with van der Waals surface area (Å²) in [6.45, 7) is 0.519. The molecule has 0 atom stereocenters. The maximum atomic E-state index is 12.2. The third kappa shape index (κ3) is 3.65. The Morgan fingerprint density at radius 2 is 2.26 bits per heavy atom. The monoisotopic (exact) mass is 324 g/mol. The molecule has 2 aromatic heterocycles. The van der Waals surface area contributed by atoms with E-state index >= 15 is 0 Å². The molecule has 0 fully saturated rings. The van der Waals surface area contributed by atoms with Crippen molar-refractivity contribution in [2.75, 3.05) is 13.2 Å². The molecule has 0 saturated heterocycles. The number of hydrogen-bond donors (Lipinski definition) is 1. The molecule has 0 aliphatic rings. The number of aromatic nitrogens is 1. The summed E-state index contributed by atoms with van der Waals surface area (Å²) in [5.74, 6) is -0.0205. The SMILES string of the molecule is O=C(c1ccc(Br)o1)N(CCO)Cc1cccnc1. The summed E-state index contributed by atoms with van der Waals surface area (Å²) >= 11 is 3.16. The Morgan fingerprint density at radius 3 is 2.84 bits per heavy atom. The summed E-state index contributed by atoms with van der Waals surface area (Å²) in [7, 11) is 0. The number of nitrogens with zero attached hydrogens (tertiary/aromatic N) is 2. The van der Waals surface area contributed by atoms with Crippen molar-refractivity contribution >= 4 is 21.8 Å². The first kappa shape index (κ1) is 13.8. The van der Waals surface area contributed by atoms with Gasteiger partial charge >= 0.3 is 0 Å². The van der Waals surface area contributed by atoms with Crippen molar-refractivity contribution in [3.05, 3.63) is 52.7 Å². The maximum Gasteiger partial charge on any atom is 0.289 e. The number of pyridine rings is 1. The van der Waals surface area contributed by atoms with Crippen LogP contribution in [0.3, 0.4) is 0 Å². The highest BCUT2D eigenvalue weighted by molar-refractivity contribution is 9.10. The first-order valence-corrected chi connectivity index (χ1v) is 6.54. The van der Waals surface area contributed by atoms with Gasteiger partial charge in [-0.3, -0.25) is 9.78 Å². The van der Waals surface area contributed by atoms with E-state index in [9.17, 15) is 4.79 Å². The second kappa shape index (κ2) is 6.49. The Bertz CT molecular complexity index is 542. The van der Waals surface area contributed by atoms with Gasteiger partial charge in [0.15, 0.2) is 10.4 Å². The molecule has 19 heavy (non-hydrogen) atoms. The summed E-state index contributed by atoms with van der Waals surface area (Å²) in [5, 5.41) is 9.07. The molecule has 0 aliphatic heterocycles. The standard InChI is InChI=1S/C13H13BrN2O3/c14-12-4-3-11(19-12)13(18)16(6-7-17)9-10-2-1-5-15-8-10/h1-5,8,17H,6-7,9H2. The van der Waals surface area contributed by atoms with Crippen LogP contribution in [0.25, 0.3) is 0 Å². The molecule has 0 saturated carbocycles. The van der Waals surface area contributed by atoms with Crippen LogP contribution in [0.5, 0.6) is 0 Å². The van der Waals surface area contributed by atoms with E-state index in [-0.39, 0.29) is 24.8 Å². The number of hydrogen-bond acceptors (Lipinski definition) is 4. The second-order valence-corrected chi connectivity index (χ2v) is 4.70. The molecule has 0 spiro atoms. The van der Waals surface area contributed by atoms with Crippen LogP contribution in [0.4, 0.5) is 0 Å². The van der Waals surface area contributed by atoms with Crippen molar-refractivity contribution in [2.24, 2.45) is 0 Å². The fourth-order valence-electron chi connectivity index (χ4n) is 1.67. The van der Waals surface area contributed by atoms with E-state index < -0.39 is 0 Å². The number of furan rings is 1. The lowest BCUT2D eigenvalue weighted by Gasteiger charge is -2.20. The highest BCUT2D eigenvalue weighted by atomic mass is 79.9. The Hall–Kier alpha value is -1.66. The first-order chi connectivity index (χ1) is 9.20. The van der Waals surface area contributed by atoms with Crippen molar-refractivity contribution in [3.8, 4) is 0 Å². The van der Waals surface area contributed by atoms with E-state index in [0.717, 1.165) is 5.56 Å². The molecule has 0 bridgehead atoms. The third-order valence-electron chi connectivity index (χ3n) is 2.54. The van der Waals surface area contributed by atoms with Crippen LogP contribution in [-0.4, -0.2) is 34.0 Å². The molecule has 2 heterocycles.